The molecule has 0 radical (unpaired) electrons. The standard InChI is InChI=1S/C11H8IN4O6/c12-21-11(19)7-2-1-6(14-15-13)5-8(7)22-16(20)9(17)3-4-10(16)18/h1-2,5,20H,3-4H2/q+1. The lowest BCUT2D eigenvalue weighted by Gasteiger charge is -2.18. The number of imide groups is 1. The first kappa shape index (κ1) is 16.2. The molecule has 1 fully saturated rings. The van der Waals surface area contributed by atoms with Gasteiger partial charge in [-0.15, -0.1) is 0 Å². The highest BCUT2D eigenvalue weighted by Gasteiger charge is 2.54. The van der Waals surface area contributed by atoms with Crippen LogP contribution in [0.25, 0.3) is 10.4 Å². The first-order valence-corrected chi connectivity index (χ1v) is 6.70. The Morgan fingerprint density at radius 2 is 2.00 bits per heavy atom. The first-order valence-electron chi connectivity index (χ1n) is 5.82. The molecule has 0 saturated carbocycles. The van der Waals surface area contributed by atoms with Gasteiger partial charge in [-0.2, -0.15) is 5.21 Å². The molecule has 1 aliphatic rings. The van der Waals surface area contributed by atoms with Crippen LogP contribution in [0.2, 0.25) is 0 Å². The molecule has 1 aromatic rings. The van der Waals surface area contributed by atoms with Crippen LogP contribution in [0.3, 0.4) is 0 Å². The molecule has 0 bridgehead atoms. The Labute approximate surface area is 137 Å². The number of nitrogens with zero attached hydrogens (tertiary/aromatic N) is 4. The number of rotatable bonds is 4. The zero-order valence-electron chi connectivity index (χ0n) is 10.8. The molecule has 11 heteroatoms. The lowest BCUT2D eigenvalue weighted by molar-refractivity contribution is -1.11. The van der Waals surface area contributed by atoms with Crippen LogP contribution in [-0.4, -0.2) is 27.8 Å². The van der Waals surface area contributed by atoms with Gasteiger partial charge in [0.15, 0.2) is 23.0 Å². The minimum atomic E-state index is -1.90. The molecule has 1 aromatic carbocycles. The van der Waals surface area contributed by atoms with Crippen molar-refractivity contribution in [3.8, 4) is 5.75 Å². The molecule has 0 aromatic heterocycles. The number of carbonyl (C=O) groups is 3. The van der Waals surface area contributed by atoms with E-state index in [-0.39, 0.29) is 29.8 Å². The van der Waals surface area contributed by atoms with E-state index in [1.807, 2.05) is 0 Å². The summed E-state index contributed by atoms with van der Waals surface area (Å²) in [7, 11) is 0. The number of amides is 2. The molecule has 0 atom stereocenters. The molecule has 2 rings (SSSR count). The van der Waals surface area contributed by atoms with Crippen molar-refractivity contribution >= 4 is 46.5 Å². The Hall–Kier alpha value is -2.21. The fourth-order valence-electron chi connectivity index (χ4n) is 1.81. The molecule has 1 aliphatic heterocycles. The Bertz CT molecular complexity index is 699. The number of benzene rings is 1. The van der Waals surface area contributed by atoms with Crippen molar-refractivity contribution in [1.82, 2.24) is 0 Å². The van der Waals surface area contributed by atoms with E-state index in [2.05, 4.69) is 13.1 Å². The summed E-state index contributed by atoms with van der Waals surface area (Å²) >= 11 is 1.35. The minimum absolute atomic E-state index is 0.0632. The van der Waals surface area contributed by atoms with Gasteiger partial charge < -0.3 is 3.07 Å². The van der Waals surface area contributed by atoms with Gasteiger partial charge in [0.05, 0.1) is 12.8 Å². The van der Waals surface area contributed by atoms with Crippen molar-refractivity contribution in [2.24, 2.45) is 5.11 Å². The molecule has 0 spiro atoms. The van der Waals surface area contributed by atoms with Crippen LogP contribution in [0.5, 0.6) is 5.75 Å². The van der Waals surface area contributed by atoms with Gasteiger partial charge in [-0.1, -0.05) is 11.2 Å². The minimum Gasteiger partial charge on any atom is -0.391 e. The normalized spacial score (nSPS) is 16.1. The summed E-state index contributed by atoms with van der Waals surface area (Å²) in [6.45, 7) is 0. The SMILES string of the molecule is [N-]=[N+]=Nc1ccc(C(=O)OI)c(O[N+]2(O)C(=O)CCC2=O)c1. The van der Waals surface area contributed by atoms with E-state index >= 15 is 0 Å². The second-order valence-electron chi connectivity index (χ2n) is 4.19. The smallest absolute Gasteiger partial charge is 0.391 e. The van der Waals surface area contributed by atoms with Crippen molar-refractivity contribution in [3.05, 3.63) is 34.2 Å². The number of halogens is 1. The van der Waals surface area contributed by atoms with Crippen LogP contribution in [-0.2, 0) is 12.7 Å². The average molecular weight is 419 g/mol. The predicted octanol–water partition coefficient (Wildman–Crippen LogP) is 2.48. The van der Waals surface area contributed by atoms with Gasteiger partial charge in [0, 0.05) is 10.6 Å². The van der Waals surface area contributed by atoms with Gasteiger partial charge in [0.1, 0.15) is 10.4 Å². The molecule has 0 aliphatic carbocycles. The topological polar surface area (TPSA) is 139 Å². The molecule has 1 heterocycles. The van der Waals surface area contributed by atoms with Crippen molar-refractivity contribution in [1.29, 1.82) is 0 Å². The fraction of sp³-hybridized carbons (Fsp3) is 0.182. The second kappa shape index (κ2) is 6.27. The number of quaternary nitrogens is 1. The van der Waals surface area contributed by atoms with Crippen LogP contribution >= 0.6 is 23.0 Å². The number of hydroxylamine groups is 4. The van der Waals surface area contributed by atoms with Gasteiger partial charge in [-0.05, 0) is 17.7 Å². The molecule has 22 heavy (non-hydrogen) atoms. The van der Waals surface area contributed by atoms with Gasteiger partial charge in [-0.25, -0.2) is 14.4 Å². The van der Waals surface area contributed by atoms with Crippen molar-refractivity contribution < 1.29 is 32.3 Å². The van der Waals surface area contributed by atoms with E-state index in [0.29, 0.717) is 0 Å². The Morgan fingerprint density at radius 3 is 2.55 bits per heavy atom. The summed E-state index contributed by atoms with van der Waals surface area (Å²) in [4.78, 5) is 40.7. The maximum absolute atomic E-state index is 11.7. The van der Waals surface area contributed by atoms with Crippen LogP contribution < -0.4 is 4.84 Å². The fourth-order valence-corrected chi connectivity index (χ4v) is 2.05. The van der Waals surface area contributed by atoms with E-state index in [9.17, 15) is 19.6 Å². The third-order valence-electron chi connectivity index (χ3n) is 2.87. The lowest BCUT2D eigenvalue weighted by atomic mass is 10.2. The lowest BCUT2D eigenvalue weighted by Crippen LogP contribution is -2.52. The van der Waals surface area contributed by atoms with E-state index in [1.54, 1.807) is 0 Å². The molecule has 1 saturated heterocycles. The summed E-state index contributed by atoms with van der Waals surface area (Å²) in [6.07, 6.45) is -0.366. The highest BCUT2D eigenvalue weighted by atomic mass is 127. The Kier molecular flexibility index (Phi) is 4.61. The maximum Gasteiger partial charge on any atom is 0.397 e. The zero-order valence-corrected chi connectivity index (χ0v) is 13.0. The number of hydrogen-bond acceptors (Lipinski definition) is 7. The monoisotopic (exact) mass is 419 g/mol. The van der Waals surface area contributed by atoms with Crippen molar-refractivity contribution in [3.63, 3.8) is 0 Å². The maximum atomic E-state index is 11.7. The summed E-state index contributed by atoms with van der Waals surface area (Å²) in [5, 5.41) is 13.4. The molecular formula is C11H8IN4O6+. The van der Waals surface area contributed by atoms with Gasteiger partial charge in [-0.3, -0.25) is 4.84 Å². The van der Waals surface area contributed by atoms with Gasteiger partial charge in [0.2, 0.25) is 5.75 Å². The van der Waals surface area contributed by atoms with E-state index in [0.717, 1.165) is 6.07 Å². The average Bonchev–Trinajstić information content (AvgIpc) is 2.75. The zero-order chi connectivity index (χ0) is 16.3. The molecule has 1 N–H and O–H groups in total. The predicted molar refractivity (Wildman–Crippen MR) is 76.6 cm³/mol. The molecule has 10 nitrogen and oxygen atoms in total. The highest BCUT2D eigenvalue weighted by molar-refractivity contribution is 14.1. The molecule has 2 amide bonds. The summed E-state index contributed by atoms with van der Waals surface area (Å²) in [5.74, 6) is -2.88. The van der Waals surface area contributed by atoms with Crippen LogP contribution in [0.4, 0.5) is 5.69 Å². The summed E-state index contributed by atoms with van der Waals surface area (Å²) < 4.78 is 4.52. The Morgan fingerprint density at radius 1 is 1.36 bits per heavy atom. The number of carbonyl (C=O) groups excluding carboxylic acids is 3. The summed E-state index contributed by atoms with van der Waals surface area (Å²) in [5.41, 5.74) is 8.33. The van der Waals surface area contributed by atoms with Gasteiger partial charge >= 0.3 is 17.8 Å². The first-order chi connectivity index (χ1) is 10.4. The largest absolute Gasteiger partial charge is 0.397 e. The van der Waals surface area contributed by atoms with Gasteiger partial charge in [0.25, 0.3) is 0 Å². The highest BCUT2D eigenvalue weighted by Crippen LogP contribution is 2.31. The number of hydrogen-bond donors (Lipinski definition) is 1. The quantitative estimate of drug-likeness (QED) is 0.151. The van der Waals surface area contributed by atoms with E-state index in [1.165, 1.54) is 35.1 Å². The molecular weight excluding hydrogens is 411 g/mol. The third-order valence-corrected chi connectivity index (χ3v) is 3.27. The van der Waals surface area contributed by atoms with Crippen LogP contribution in [0.1, 0.15) is 23.2 Å². The molecule has 114 valence electrons. The van der Waals surface area contributed by atoms with Crippen LogP contribution in [0, 0.1) is 0 Å². The Balaban J connectivity index is 2.49. The molecule has 0 unspecified atom stereocenters. The van der Waals surface area contributed by atoms with E-state index < -0.39 is 22.6 Å². The van der Waals surface area contributed by atoms with E-state index in [4.69, 9.17) is 10.4 Å². The summed E-state index contributed by atoms with van der Waals surface area (Å²) in [6, 6.07) is 3.64. The van der Waals surface area contributed by atoms with Crippen LogP contribution in [0.15, 0.2) is 23.3 Å². The van der Waals surface area contributed by atoms with Crippen molar-refractivity contribution in [2.75, 3.05) is 0 Å². The second-order valence-corrected chi connectivity index (χ2v) is 4.63. The number of azide groups is 1. The van der Waals surface area contributed by atoms with Crippen molar-refractivity contribution in [2.45, 2.75) is 12.8 Å². The third kappa shape index (κ3) is 2.87.